The van der Waals surface area contributed by atoms with Gasteiger partial charge in [-0.05, 0) is 49.1 Å². The van der Waals surface area contributed by atoms with E-state index in [0.717, 1.165) is 37.2 Å². The number of hydrogen-bond donors (Lipinski definition) is 1. The molecule has 1 aliphatic heterocycles. The summed E-state index contributed by atoms with van der Waals surface area (Å²) in [6.45, 7) is 4.67. The van der Waals surface area contributed by atoms with Crippen LogP contribution < -0.4 is 10.2 Å². The van der Waals surface area contributed by atoms with Crippen molar-refractivity contribution in [2.45, 2.75) is 32.9 Å². The molecule has 0 aromatic heterocycles. The predicted octanol–water partition coefficient (Wildman–Crippen LogP) is 4.16. The summed E-state index contributed by atoms with van der Waals surface area (Å²) < 4.78 is 27.8. The fraction of sp³-hybridized carbons (Fsp3) is 0.368. The summed E-state index contributed by atoms with van der Waals surface area (Å²) in [5.74, 6) is -0.384. The zero-order chi connectivity index (χ0) is 16.2. The van der Waals surface area contributed by atoms with Gasteiger partial charge < -0.3 is 10.2 Å². The van der Waals surface area contributed by atoms with E-state index in [1.165, 1.54) is 12.1 Å². The molecule has 122 valence electrons. The lowest BCUT2D eigenvalue weighted by atomic mass is 10.1. The van der Waals surface area contributed by atoms with Crippen LogP contribution in [0.25, 0.3) is 0 Å². The minimum absolute atomic E-state index is 0.183. The second kappa shape index (κ2) is 7.09. The molecule has 4 heteroatoms. The van der Waals surface area contributed by atoms with Gasteiger partial charge in [0.1, 0.15) is 11.6 Å². The molecule has 0 spiro atoms. The Balaban J connectivity index is 1.68. The second-order valence-corrected chi connectivity index (χ2v) is 6.12. The lowest BCUT2D eigenvalue weighted by Crippen LogP contribution is -2.22. The molecule has 0 bridgehead atoms. The van der Waals surface area contributed by atoms with E-state index in [9.17, 15) is 8.78 Å². The molecule has 1 N–H and O–H groups in total. The van der Waals surface area contributed by atoms with Crippen molar-refractivity contribution in [2.24, 2.45) is 0 Å². The zero-order valence-corrected chi connectivity index (χ0v) is 13.4. The van der Waals surface area contributed by atoms with Gasteiger partial charge in [0.25, 0.3) is 0 Å². The first kappa shape index (κ1) is 15.9. The van der Waals surface area contributed by atoms with Crippen LogP contribution >= 0.6 is 0 Å². The smallest absolute Gasteiger partial charge is 0.129 e. The van der Waals surface area contributed by atoms with E-state index in [1.807, 2.05) is 12.1 Å². The molecule has 2 nitrogen and oxygen atoms in total. The molecule has 1 aliphatic rings. The van der Waals surface area contributed by atoms with Crippen LogP contribution in [0.2, 0.25) is 0 Å². The van der Waals surface area contributed by atoms with Crippen molar-refractivity contribution < 1.29 is 8.78 Å². The summed E-state index contributed by atoms with van der Waals surface area (Å²) >= 11 is 0. The van der Waals surface area contributed by atoms with E-state index in [1.54, 1.807) is 19.1 Å². The van der Waals surface area contributed by atoms with Crippen LogP contribution in [-0.4, -0.2) is 13.1 Å². The molecule has 0 amide bonds. The molecule has 2 aromatic rings. The fourth-order valence-electron chi connectivity index (χ4n) is 3.05. The minimum atomic E-state index is -0.201. The van der Waals surface area contributed by atoms with Crippen molar-refractivity contribution in [1.29, 1.82) is 0 Å². The molecule has 1 fully saturated rings. The van der Waals surface area contributed by atoms with E-state index in [0.29, 0.717) is 24.2 Å². The summed E-state index contributed by atoms with van der Waals surface area (Å²) in [6.07, 6.45) is 2.32. The summed E-state index contributed by atoms with van der Waals surface area (Å²) in [4.78, 5) is 2.24. The van der Waals surface area contributed by atoms with Crippen LogP contribution in [0.4, 0.5) is 14.5 Å². The van der Waals surface area contributed by atoms with Gasteiger partial charge >= 0.3 is 0 Å². The van der Waals surface area contributed by atoms with Gasteiger partial charge in [0.15, 0.2) is 0 Å². The quantitative estimate of drug-likeness (QED) is 0.891. The number of hydrogen-bond acceptors (Lipinski definition) is 2. The van der Waals surface area contributed by atoms with Crippen molar-refractivity contribution in [3.05, 3.63) is 64.7 Å². The third kappa shape index (κ3) is 3.70. The fourth-order valence-corrected chi connectivity index (χ4v) is 3.05. The van der Waals surface area contributed by atoms with Crippen molar-refractivity contribution in [1.82, 2.24) is 5.32 Å². The second-order valence-electron chi connectivity index (χ2n) is 6.12. The molecular formula is C19H22F2N2. The average Bonchev–Trinajstić information content (AvgIpc) is 3.06. The Bertz CT molecular complexity index is 679. The van der Waals surface area contributed by atoms with Gasteiger partial charge in [-0.2, -0.15) is 0 Å². The van der Waals surface area contributed by atoms with Gasteiger partial charge in [-0.15, -0.1) is 0 Å². The van der Waals surface area contributed by atoms with Crippen molar-refractivity contribution in [3.63, 3.8) is 0 Å². The Morgan fingerprint density at radius 2 is 1.78 bits per heavy atom. The molecule has 0 unspecified atom stereocenters. The van der Waals surface area contributed by atoms with Crippen LogP contribution in [0.1, 0.15) is 29.5 Å². The number of aryl methyl sites for hydroxylation is 1. The molecule has 1 heterocycles. The predicted molar refractivity (Wildman–Crippen MR) is 89.5 cm³/mol. The Morgan fingerprint density at radius 1 is 1.00 bits per heavy atom. The Hall–Kier alpha value is -1.94. The molecule has 3 rings (SSSR count). The molecular weight excluding hydrogens is 294 g/mol. The van der Waals surface area contributed by atoms with E-state index in [4.69, 9.17) is 0 Å². The van der Waals surface area contributed by atoms with Crippen molar-refractivity contribution in [3.8, 4) is 0 Å². The first-order valence-electron chi connectivity index (χ1n) is 8.13. The summed E-state index contributed by atoms with van der Waals surface area (Å²) in [5, 5.41) is 3.24. The zero-order valence-electron chi connectivity index (χ0n) is 13.4. The monoisotopic (exact) mass is 316 g/mol. The number of anilines is 1. The van der Waals surface area contributed by atoms with Gasteiger partial charge in [0.05, 0.1) is 0 Å². The number of nitrogens with zero attached hydrogens (tertiary/aromatic N) is 1. The van der Waals surface area contributed by atoms with E-state index < -0.39 is 0 Å². The number of benzene rings is 2. The first-order valence-corrected chi connectivity index (χ1v) is 8.13. The van der Waals surface area contributed by atoms with E-state index >= 15 is 0 Å². The number of halogens is 2. The maximum absolute atomic E-state index is 14.2. The van der Waals surface area contributed by atoms with E-state index in [-0.39, 0.29) is 11.6 Å². The topological polar surface area (TPSA) is 15.3 Å². The minimum Gasteiger partial charge on any atom is -0.371 e. The van der Waals surface area contributed by atoms with Crippen LogP contribution in [0, 0.1) is 18.6 Å². The van der Waals surface area contributed by atoms with Crippen molar-refractivity contribution >= 4 is 5.69 Å². The Morgan fingerprint density at radius 3 is 2.52 bits per heavy atom. The first-order chi connectivity index (χ1) is 11.1. The van der Waals surface area contributed by atoms with Crippen LogP contribution in [0.5, 0.6) is 0 Å². The lowest BCUT2D eigenvalue weighted by Gasteiger charge is -2.22. The van der Waals surface area contributed by atoms with E-state index in [2.05, 4.69) is 10.2 Å². The molecule has 0 saturated carbocycles. The van der Waals surface area contributed by atoms with Crippen LogP contribution in [-0.2, 0) is 13.1 Å². The number of rotatable bonds is 5. The SMILES string of the molecule is Cc1ccc(CNCc2c(F)cccc2N2CCCC2)cc1F. The molecule has 1 saturated heterocycles. The maximum Gasteiger partial charge on any atom is 0.129 e. The van der Waals surface area contributed by atoms with Gasteiger partial charge in [0.2, 0.25) is 0 Å². The maximum atomic E-state index is 14.2. The molecule has 2 aromatic carbocycles. The highest BCUT2D eigenvalue weighted by Gasteiger charge is 2.17. The third-order valence-corrected chi connectivity index (χ3v) is 4.41. The van der Waals surface area contributed by atoms with Gasteiger partial charge in [-0.25, -0.2) is 8.78 Å². The van der Waals surface area contributed by atoms with Gasteiger partial charge in [-0.1, -0.05) is 18.2 Å². The van der Waals surface area contributed by atoms with Gasteiger partial charge in [0, 0.05) is 37.4 Å². The highest BCUT2D eigenvalue weighted by molar-refractivity contribution is 5.54. The van der Waals surface area contributed by atoms with Gasteiger partial charge in [-0.3, -0.25) is 0 Å². The standard InChI is InChI=1S/C19H22F2N2/c1-14-7-8-15(11-18(14)21)12-22-13-16-17(20)5-4-6-19(16)23-9-2-3-10-23/h4-8,11,22H,2-3,9-10,12-13H2,1H3. The number of nitrogens with one attached hydrogen (secondary N) is 1. The molecule has 23 heavy (non-hydrogen) atoms. The highest BCUT2D eigenvalue weighted by atomic mass is 19.1. The summed E-state index contributed by atoms with van der Waals surface area (Å²) in [5.41, 5.74) is 3.18. The third-order valence-electron chi connectivity index (χ3n) is 4.41. The lowest BCUT2D eigenvalue weighted by molar-refractivity contribution is 0.584. The molecule has 0 radical (unpaired) electrons. The van der Waals surface area contributed by atoms with Crippen LogP contribution in [0.3, 0.4) is 0 Å². The Kier molecular flexibility index (Phi) is 4.91. The highest BCUT2D eigenvalue weighted by Crippen LogP contribution is 2.26. The molecule has 0 atom stereocenters. The largest absolute Gasteiger partial charge is 0.371 e. The van der Waals surface area contributed by atoms with Crippen LogP contribution in [0.15, 0.2) is 36.4 Å². The average molecular weight is 316 g/mol. The molecule has 0 aliphatic carbocycles. The summed E-state index contributed by atoms with van der Waals surface area (Å²) in [6, 6.07) is 10.4. The normalized spacial score (nSPS) is 14.5. The Labute approximate surface area is 136 Å². The van der Waals surface area contributed by atoms with Crippen molar-refractivity contribution in [2.75, 3.05) is 18.0 Å². The summed E-state index contributed by atoms with van der Waals surface area (Å²) in [7, 11) is 0.